The first kappa shape index (κ1) is 9.57. The van der Waals surface area contributed by atoms with Gasteiger partial charge in [0.2, 0.25) is 5.88 Å². The predicted octanol–water partition coefficient (Wildman–Crippen LogP) is 0.778. The predicted molar refractivity (Wildman–Crippen MR) is 48.0 cm³/mol. The molecule has 0 aliphatic rings. The molecule has 0 aromatic carbocycles. The highest BCUT2D eigenvalue weighted by molar-refractivity contribution is 5.76. The lowest BCUT2D eigenvalue weighted by molar-refractivity contribution is 0.239. The average Bonchev–Trinajstić information content (AvgIpc) is 2.46. The third-order valence-corrected chi connectivity index (χ3v) is 1.56. The molecular formula is C8H13N3O2. The molecule has 1 aromatic rings. The quantitative estimate of drug-likeness (QED) is 0.737. The first-order chi connectivity index (χ1) is 6.19. The summed E-state index contributed by atoms with van der Waals surface area (Å²) >= 11 is 0. The molecule has 13 heavy (non-hydrogen) atoms. The molecule has 0 saturated heterocycles. The van der Waals surface area contributed by atoms with Crippen molar-refractivity contribution in [2.75, 3.05) is 13.7 Å². The van der Waals surface area contributed by atoms with Gasteiger partial charge in [0, 0.05) is 13.1 Å². The number of ether oxygens (including phenoxy) is 1. The van der Waals surface area contributed by atoms with Gasteiger partial charge in [0.25, 0.3) is 0 Å². The molecule has 72 valence electrons. The van der Waals surface area contributed by atoms with Crippen molar-refractivity contribution >= 4 is 6.03 Å². The Balaban J connectivity index is 2.89. The highest BCUT2D eigenvalue weighted by Crippen LogP contribution is 2.10. The summed E-state index contributed by atoms with van der Waals surface area (Å²) in [6.45, 7) is 4.21. The van der Waals surface area contributed by atoms with Crippen molar-refractivity contribution in [1.82, 2.24) is 15.1 Å². The summed E-state index contributed by atoms with van der Waals surface area (Å²) in [5.41, 5.74) is 0.753. The molecule has 0 bridgehead atoms. The molecule has 5 nitrogen and oxygen atoms in total. The van der Waals surface area contributed by atoms with Crippen LogP contribution in [0.25, 0.3) is 0 Å². The Hall–Kier alpha value is -1.52. The van der Waals surface area contributed by atoms with Gasteiger partial charge in [-0.1, -0.05) is 0 Å². The molecule has 0 radical (unpaired) electrons. The van der Waals surface area contributed by atoms with Gasteiger partial charge in [0.1, 0.15) is 0 Å². The summed E-state index contributed by atoms with van der Waals surface area (Å²) in [5.74, 6) is 0.476. The number of aromatic nitrogens is 2. The summed E-state index contributed by atoms with van der Waals surface area (Å²) in [6.07, 6.45) is 0. The second kappa shape index (κ2) is 3.93. The maximum atomic E-state index is 11.2. The Morgan fingerprint density at radius 3 is 3.00 bits per heavy atom. The number of nitrogens with one attached hydrogen (secondary N) is 1. The average molecular weight is 183 g/mol. The van der Waals surface area contributed by atoms with Gasteiger partial charge in [-0.3, -0.25) is 0 Å². The fourth-order valence-electron chi connectivity index (χ4n) is 0.976. The van der Waals surface area contributed by atoms with E-state index in [1.807, 2.05) is 6.92 Å². The minimum absolute atomic E-state index is 0.261. The Labute approximate surface area is 76.7 Å². The van der Waals surface area contributed by atoms with Crippen LogP contribution in [-0.4, -0.2) is 29.5 Å². The topological polar surface area (TPSA) is 56.1 Å². The molecule has 1 rings (SSSR count). The monoisotopic (exact) mass is 183 g/mol. The van der Waals surface area contributed by atoms with Crippen LogP contribution in [0.1, 0.15) is 12.6 Å². The van der Waals surface area contributed by atoms with Crippen LogP contribution in [0.2, 0.25) is 0 Å². The van der Waals surface area contributed by atoms with Crippen LogP contribution in [0, 0.1) is 6.92 Å². The Bertz CT molecular complexity index is 306. The van der Waals surface area contributed by atoms with E-state index in [1.54, 1.807) is 20.0 Å². The lowest BCUT2D eigenvalue weighted by Gasteiger charge is -1.99. The first-order valence-corrected chi connectivity index (χ1v) is 4.10. The number of nitrogens with zero attached hydrogens (tertiary/aromatic N) is 2. The smallest absolute Gasteiger partial charge is 0.342 e. The van der Waals surface area contributed by atoms with E-state index < -0.39 is 0 Å². The Morgan fingerprint density at radius 2 is 2.46 bits per heavy atom. The number of rotatable bonds is 2. The van der Waals surface area contributed by atoms with E-state index in [0.29, 0.717) is 12.5 Å². The van der Waals surface area contributed by atoms with Gasteiger partial charge in [0.05, 0.1) is 12.3 Å². The van der Waals surface area contributed by atoms with Crippen molar-refractivity contribution in [3.05, 3.63) is 11.8 Å². The van der Waals surface area contributed by atoms with E-state index in [-0.39, 0.29) is 6.03 Å². The number of hydrogen-bond acceptors (Lipinski definition) is 3. The zero-order valence-corrected chi connectivity index (χ0v) is 8.00. The zero-order chi connectivity index (χ0) is 9.84. The van der Waals surface area contributed by atoms with Crippen molar-refractivity contribution in [2.24, 2.45) is 0 Å². The third kappa shape index (κ3) is 1.99. The van der Waals surface area contributed by atoms with Crippen LogP contribution in [0.5, 0.6) is 5.88 Å². The van der Waals surface area contributed by atoms with E-state index in [1.165, 1.54) is 4.68 Å². The number of amides is 1. The highest BCUT2D eigenvalue weighted by atomic mass is 16.5. The molecule has 0 aliphatic carbocycles. The lowest BCUT2D eigenvalue weighted by Crippen LogP contribution is -2.26. The van der Waals surface area contributed by atoms with Crippen molar-refractivity contribution in [1.29, 1.82) is 0 Å². The van der Waals surface area contributed by atoms with Crippen LogP contribution >= 0.6 is 0 Å². The van der Waals surface area contributed by atoms with Crippen molar-refractivity contribution in [3.63, 3.8) is 0 Å². The number of carbonyl (C=O) groups is 1. The van der Waals surface area contributed by atoms with E-state index in [4.69, 9.17) is 4.74 Å². The number of hydrogen-bond donors (Lipinski definition) is 1. The molecule has 0 spiro atoms. The molecule has 0 saturated carbocycles. The number of carbonyl (C=O) groups excluding carboxylic acids is 1. The third-order valence-electron chi connectivity index (χ3n) is 1.56. The molecule has 1 N–H and O–H groups in total. The van der Waals surface area contributed by atoms with Gasteiger partial charge in [-0.15, -0.1) is 5.10 Å². The van der Waals surface area contributed by atoms with Gasteiger partial charge in [-0.25, -0.2) is 4.79 Å². The molecule has 0 atom stereocenters. The van der Waals surface area contributed by atoms with E-state index >= 15 is 0 Å². The summed E-state index contributed by atoms with van der Waals surface area (Å²) < 4.78 is 6.42. The fourth-order valence-corrected chi connectivity index (χ4v) is 0.976. The largest absolute Gasteiger partial charge is 0.477 e. The van der Waals surface area contributed by atoms with Crippen LogP contribution in [0.15, 0.2) is 6.07 Å². The molecule has 1 amide bonds. The van der Waals surface area contributed by atoms with Gasteiger partial charge in [-0.05, 0) is 13.8 Å². The van der Waals surface area contributed by atoms with Gasteiger partial charge in [0.15, 0.2) is 0 Å². The zero-order valence-electron chi connectivity index (χ0n) is 8.00. The summed E-state index contributed by atoms with van der Waals surface area (Å²) in [4.78, 5) is 11.2. The molecule has 1 heterocycles. The molecule has 0 unspecified atom stereocenters. The molecular weight excluding hydrogens is 170 g/mol. The summed E-state index contributed by atoms with van der Waals surface area (Å²) in [5, 5.41) is 6.44. The maximum Gasteiger partial charge on any atom is 0.342 e. The van der Waals surface area contributed by atoms with Crippen molar-refractivity contribution in [2.45, 2.75) is 13.8 Å². The van der Waals surface area contributed by atoms with Crippen LogP contribution < -0.4 is 10.1 Å². The van der Waals surface area contributed by atoms with E-state index in [2.05, 4.69) is 10.4 Å². The summed E-state index contributed by atoms with van der Waals surface area (Å²) in [7, 11) is 1.56. The van der Waals surface area contributed by atoms with Gasteiger partial charge in [-0.2, -0.15) is 4.68 Å². The molecule has 1 aromatic heterocycles. The molecule has 0 fully saturated rings. The van der Waals surface area contributed by atoms with E-state index in [0.717, 1.165) is 5.69 Å². The Kier molecular flexibility index (Phi) is 2.89. The summed E-state index contributed by atoms with van der Waals surface area (Å²) in [6, 6.07) is 1.46. The second-order valence-electron chi connectivity index (χ2n) is 2.52. The minimum atomic E-state index is -0.261. The van der Waals surface area contributed by atoms with Gasteiger partial charge >= 0.3 is 6.03 Å². The first-order valence-electron chi connectivity index (χ1n) is 4.10. The lowest BCUT2D eigenvalue weighted by atomic mass is 10.5. The minimum Gasteiger partial charge on any atom is -0.477 e. The fraction of sp³-hybridized carbons (Fsp3) is 0.500. The standard InChI is InChI=1S/C8H13N3O2/c1-4-13-7-5-6(2)11(10-7)8(12)9-3/h5H,4H2,1-3H3,(H,9,12). The van der Waals surface area contributed by atoms with Gasteiger partial charge < -0.3 is 10.1 Å². The van der Waals surface area contributed by atoms with Crippen molar-refractivity contribution < 1.29 is 9.53 Å². The van der Waals surface area contributed by atoms with E-state index in [9.17, 15) is 4.79 Å². The normalized spacial score (nSPS) is 9.77. The van der Waals surface area contributed by atoms with Crippen LogP contribution in [0.3, 0.4) is 0 Å². The highest BCUT2D eigenvalue weighted by Gasteiger charge is 2.09. The number of aryl methyl sites for hydroxylation is 1. The molecule has 0 aliphatic heterocycles. The molecule has 5 heteroatoms. The Morgan fingerprint density at radius 1 is 1.77 bits per heavy atom. The maximum absolute atomic E-state index is 11.2. The van der Waals surface area contributed by atoms with Crippen LogP contribution in [0.4, 0.5) is 4.79 Å². The van der Waals surface area contributed by atoms with Crippen molar-refractivity contribution in [3.8, 4) is 5.88 Å². The van der Waals surface area contributed by atoms with Crippen LogP contribution in [-0.2, 0) is 0 Å². The SMILES string of the molecule is CCOc1cc(C)n(C(=O)NC)n1. The second-order valence-corrected chi connectivity index (χ2v) is 2.52.